The van der Waals surface area contributed by atoms with E-state index in [9.17, 15) is 14.7 Å². The molecule has 0 spiro atoms. The second-order valence-electron chi connectivity index (χ2n) is 9.44. The molecule has 0 heterocycles. The molecule has 2 aromatic carbocycles. The van der Waals surface area contributed by atoms with Crippen LogP contribution < -0.4 is 10.6 Å². The number of nitrogens with one attached hydrogen (secondary N) is 2. The fourth-order valence-corrected chi connectivity index (χ4v) is 4.01. The first-order valence-electron chi connectivity index (χ1n) is 12.9. The number of rotatable bonds is 17. The summed E-state index contributed by atoms with van der Waals surface area (Å²) in [4.78, 5) is 23.8. The number of carbonyl (C=O) groups is 2. The largest absolute Gasteiger partial charge is 0.481 e. The van der Waals surface area contributed by atoms with Crippen molar-refractivity contribution in [3.63, 3.8) is 0 Å². The van der Waals surface area contributed by atoms with E-state index in [0.717, 1.165) is 67.8 Å². The van der Waals surface area contributed by atoms with E-state index in [1.165, 1.54) is 16.7 Å². The van der Waals surface area contributed by atoms with E-state index >= 15 is 0 Å². The van der Waals surface area contributed by atoms with Crippen LogP contribution in [-0.4, -0.2) is 43.3 Å². The number of amides is 1. The number of aliphatic carboxylic acids is 1. The van der Waals surface area contributed by atoms with E-state index in [4.69, 9.17) is 16.3 Å². The standard InChI is InChI=1S/C29H41ClN2O4/c1-21-11-13-24(18-23(21)3)10-6-4-9-17-36-20-26(29(34)35)28(33)32-16-8-5-7-15-31-25-14-12-22(2)27(30)19-25/h11-14,18-19,26,31H,4-10,15-17,20H2,1-3H3,(H,32,33)(H,34,35). The highest BCUT2D eigenvalue weighted by molar-refractivity contribution is 6.31. The van der Waals surface area contributed by atoms with Gasteiger partial charge in [0, 0.05) is 30.4 Å². The highest BCUT2D eigenvalue weighted by Crippen LogP contribution is 2.20. The molecule has 0 fully saturated rings. The molecule has 198 valence electrons. The molecule has 0 radical (unpaired) electrons. The number of hydrogen-bond acceptors (Lipinski definition) is 4. The molecule has 1 unspecified atom stereocenters. The van der Waals surface area contributed by atoms with Crippen molar-refractivity contribution in [2.24, 2.45) is 5.92 Å². The Labute approximate surface area is 220 Å². The molecular weight excluding hydrogens is 476 g/mol. The van der Waals surface area contributed by atoms with Gasteiger partial charge >= 0.3 is 5.97 Å². The van der Waals surface area contributed by atoms with Crippen LogP contribution >= 0.6 is 11.6 Å². The number of carboxylic acid groups (broad SMARTS) is 1. The second kappa shape index (κ2) is 16.2. The minimum atomic E-state index is -1.17. The van der Waals surface area contributed by atoms with Gasteiger partial charge in [0.05, 0.1) is 6.61 Å². The maximum atomic E-state index is 12.3. The summed E-state index contributed by atoms with van der Waals surface area (Å²) in [6, 6.07) is 12.5. The van der Waals surface area contributed by atoms with Crippen molar-refractivity contribution < 1.29 is 19.4 Å². The van der Waals surface area contributed by atoms with Crippen LogP contribution in [0.4, 0.5) is 5.69 Å². The number of aryl methyl sites for hydroxylation is 4. The number of benzene rings is 2. The third-order valence-corrected chi connectivity index (χ3v) is 6.79. The summed E-state index contributed by atoms with van der Waals surface area (Å²) in [5, 5.41) is 16.2. The van der Waals surface area contributed by atoms with Crippen molar-refractivity contribution in [1.29, 1.82) is 0 Å². The van der Waals surface area contributed by atoms with Crippen LogP contribution in [0.5, 0.6) is 0 Å². The number of hydrogen-bond donors (Lipinski definition) is 3. The average molecular weight is 517 g/mol. The first kappa shape index (κ1) is 29.7. The maximum Gasteiger partial charge on any atom is 0.318 e. The monoisotopic (exact) mass is 516 g/mol. The highest BCUT2D eigenvalue weighted by Gasteiger charge is 2.26. The molecule has 6 nitrogen and oxygen atoms in total. The van der Waals surface area contributed by atoms with E-state index in [1.54, 1.807) is 0 Å². The second-order valence-corrected chi connectivity index (χ2v) is 9.84. The normalized spacial score (nSPS) is 11.8. The lowest BCUT2D eigenvalue weighted by atomic mass is 10.0. The molecule has 2 rings (SSSR count). The topological polar surface area (TPSA) is 87.7 Å². The van der Waals surface area contributed by atoms with Crippen LogP contribution in [0.1, 0.15) is 60.8 Å². The summed E-state index contributed by atoms with van der Waals surface area (Å²) in [6.07, 6.45) is 6.58. The molecule has 0 aliphatic rings. The van der Waals surface area contributed by atoms with E-state index in [1.807, 2.05) is 25.1 Å². The van der Waals surface area contributed by atoms with Gasteiger partial charge in [-0.1, -0.05) is 42.3 Å². The summed E-state index contributed by atoms with van der Waals surface area (Å²) in [6.45, 7) is 7.84. The smallest absolute Gasteiger partial charge is 0.318 e. The number of halogens is 1. The Kier molecular flexibility index (Phi) is 13.4. The van der Waals surface area contributed by atoms with Crippen LogP contribution in [0.2, 0.25) is 5.02 Å². The van der Waals surface area contributed by atoms with Gasteiger partial charge in [0.15, 0.2) is 5.92 Å². The molecule has 36 heavy (non-hydrogen) atoms. The fraction of sp³-hybridized carbons (Fsp3) is 0.517. The van der Waals surface area contributed by atoms with Gasteiger partial charge in [-0.05, 0) is 93.7 Å². The lowest BCUT2D eigenvalue weighted by molar-refractivity contribution is -0.149. The van der Waals surface area contributed by atoms with Crippen LogP contribution in [0.3, 0.4) is 0 Å². The predicted molar refractivity (Wildman–Crippen MR) is 147 cm³/mol. The van der Waals surface area contributed by atoms with Gasteiger partial charge in [0.2, 0.25) is 5.91 Å². The molecule has 0 aliphatic heterocycles. The zero-order chi connectivity index (χ0) is 26.3. The summed E-state index contributed by atoms with van der Waals surface area (Å²) in [5.74, 6) is -2.80. The molecule has 0 saturated carbocycles. The highest BCUT2D eigenvalue weighted by atomic mass is 35.5. The van der Waals surface area contributed by atoms with Gasteiger partial charge in [-0.15, -0.1) is 0 Å². The molecule has 1 amide bonds. The number of anilines is 1. The van der Waals surface area contributed by atoms with Crippen molar-refractivity contribution in [3.05, 3.63) is 63.7 Å². The van der Waals surface area contributed by atoms with E-state index < -0.39 is 17.8 Å². The maximum absolute atomic E-state index is 12.3. The summed E-state index contributed by atoms with van der Waals surface area (Å²) >= 11 is 6.13. The Balaban J connectivity index is 1.52. The van der Waals surface area contributed by atoms with Crippen LogP contribution in [0.15, 0.2) is 36.4 Å². The number of ether oxygens (including phenoxy) is 1. The molecule has 0 aliphatic carbocycles. The minimum absolute atomic E-state index is 0.0959. The SMILES string of the molecule is Cc1ccc(CCCCCOCC(C(=O)O)C(=O)NCCCCCNc2ccc(C)c(Cl)c2)cc1C. The van der Waals surface area contributed by atoms with Crippen molar-refractivity contribution >= 4 is 29.2 Å². The summed E-state index contributed by atoms with van der Waals surface area (Å²) in [7, 11) is 0. The molecular formula is C29H41ClN2O4. The number of unbranched alkanes of at least 4 members (excludes halogenated alkanes) is 4. The zero-order valence-electron chi connectivity index (χ0n) is 21.9. The van der Waals surface area contributed by atoms with E-state index in [0.29, 0.717) is 13.2 Å². The molecule has 0 saturated heterocycles. The number of carbonyl (C=O) groups excluding carboxylic acids is 1. The van der Waals surface area contributed by atoms with Gasteiger partial charge in [-0.25, -0.2) is 0 Å². The zero-order valence-corrected chi connectivity index (χ0v) is 22.6. The first-order chi connectivity index (χ1) is 17.3. The number of carboxylic acids is 1. The fourth-order valence-electron chi connectivity index (χ4n) is 3.83. The average Bonchev–Trinajstić information content (AvgIpc) is 2.84. The Bertz CT molecular complexity index is 980. The van der Waals surface area contributed by atoms with Gasteiger partial charge in [-0.3, -0.25) is 9.59 Å². The lowest BCUT2D eigenvalue weighted by Gasteiger charge is -2.13. The van der Waals surface area contributed by atoms with Crippen molar-refractivity contribution in [3.8, 4) is 0 Å². The third-order valence-electron chi connectivity index (χ3n) is 6.38. The Morgan fingerprint density at radius 2 is 1.61 bits per heavy atom. The Morgan fingerprint density at radius 1 is 0.889 bits per heavy atom. The minimum Gasteiger partial charge on any atom is -0.481 e. The van der Waals surface area contributed by atoms with E-state index in [2.05, 4.69) is 42.7 Å². The summed E-state index contributed by atoms with van der Waals surface area (Å²) in [5.41, 5.74) is 6.00. The molecule has 0 bridgehead atoms. The Morgan fingerprint density at radius 3 is 2.33 bits per heavy atom. The first-order valence-corrected chi connectivity index (χ1v) is 13.3. The third kappa shape index (κ3) is 11.0. The van der Waals surface area contributed by atoms with Gasteiger partial charge in [-0.2, -0.15) is 0 Å². The van der Waals surface area contributed by atoms with Crippen molar-refractivity contribution in [2.75, 3.05) is 31.6 Å². The molecule has 3 N–H and O–H groups in total. The predicted octanol–water partition coefficient (Wildman–Crippen LogP) is 6.09. The quantitative estimate of drug-likeness (QED) is 0.175. The lowest BCUT2D eigenvalue weighted by Crippen LogP contribution is -2.38. The van der Waals surface area contributed by atoms with Gasteiger partial charge in [0.1, 0.15) is 0 Å². The van der Waals surface area contributed by atoms with Crippen LogP contribution in [-0.2, 0) is 20.7 Å². The van der Waals surface area contributed by atoms with Crippen molar-refractivity contribution in [2.45, 2.75) is 65.7 Å². The molecule has 7 heteroatoms. The molecule has 2 aromatic rings. The van der Waals surface area contributed by atoms with E-state index in [-0.39, 0.29) is 6.61 Å². The van der Waals surface area contributed by atoms with Gasteiger partial charge in [0.25, 0.3) is 0 Å². The van der Waals surface area contributed by atoms with Crippen LogP contribution in [0.25, 0.3) is 0 Å². The summed E-state index contributed by atoms with van der Waals surface area (Å²) < 4.78 is 5.52. The van der Waals surface area contributed by atoms with Gasteiger partial charge < -0.3 is 20.5 Å². The van der Waals surface area contributed by atoms with Crippen LogP contribution in [0, 0.1) is 26.7 Å². The molecule has 1 atom stereocenters. The Hall–Kier alpha value is -2.57. The van der Waals surface area contributed by atoms with Crippen molar-refractivity contribution in [1.82, 2.24) is 5.32 Å². The molecule has 0 aromatic heterocycles.